The largest absolute Gasteiger partial charge is 0.451 e. The standard InChI is InChI=1S/C11H9FN2O2/c12-8-3-1-7(2-4-8)9-5-6-10(16-9)11(15)14-13/h1-6H,13H2,(H,14,15). The average Bonchev–Trinajstić information content (AvgIpc) is 2.78. The van der Waals surface area contributed by atoms with Gasteiger partial charge < -0.3 is 4.42 Å². The highest BCUT2D eigenvalue weighted by atomic mass is 19.1. The summed E-state index contributed by atoms with van der Waals surface area (Å²) in [5.41, 5.74) is 2.65. The molecule has 0 fully saturated rings. The summed E-state index contributed by atoms with van der Waals surface area (Å²) >= 11 is 0. The zero-order chi connectivity index (χ0) is 11.5. The van der Waals surface area contributed by atoms with Crippen LogP contribution in [0.3, 0.4) is 0 Å². The highest BCUT2D eigenvalue weighted by Gasteiger charge is 2.10. The second kappa shape index (κ2) is 4.16. The van der Waals surface area contributed by atoms with Crippen molar-refractivity contribution in [2.75, 3.05) is 0 Å². The van der Waals surface area contributed by atoms with E-state index in [-0.39, 0.29) is 11.6 Å². The zero-order valence-electron chi connectivity index (χ0n) is 8.24. The predicted molar refractivity (Wildman–Crippen MR) is 55.8 cm³/mol. The molecule has 0 bridgehead atoms. The fourth-order valence-corrected chi connectivity index (χ4v) is 1.30. The smallest absolute Gasteiger partial charge is 0.300 e. The van der Waals surface area contributed by atoms with E-state index in [2.05, 4.69) is 0 Å². The van der Waals surface area contributed by atoms with Crippen molar-refractivity contribution in [1.82, 2.24) is 5.43 Å². The Balaban J connectivity index is 2.31. The second-order valence-corrected chi connectivity index (χ2v) is 3.14. The molecule has 5 heteroatoms. The summed E-state index contributed by atoms with van der Waals surface area (Å²) in [6.07, 6.45) is 0. The van der Waals surface area contributed by atoms with Crippen molar-refractivity contribution in [3.63, 3.8) is 0 Å². The number of hydrogen-bond donors (Lipinski definition) is 2. The SMILES string of the molecule is NNC(=O)c1ccc(-c2ccc(F)cc2)o1. The van der Waals surface area contributed by atoms with Crippen molar-refractivity contribution in [2.45, 2.75) is 0 Å². The van der Waals surface area contributed by atoms with Crippen LogP contribution in [0.15, 0.2) is 40.8 Å². The molecule has 4 nitrogen and oxygen atoms in total. The molecule has 0 aliphatic heterocycles. The number of halogens is 1. The molecule has 0 saturated carbocycles. The molecule has 1 heterocycles. The number of benzene rings is 1. The Morgan fingerprint density at radius 3 is 2.50 bits per heavy atom. The second-order valence-electron chi connectivity index (χ2n) is 3.14. The van der Waals surface area contributed by atoms with Crippen molar-refractivity contribution in [2.24, 2.45) is 5.84 Å². The molecule has 82 valence electrons. The Morgan fingerprint density at radius 1 is 1.19 bits per heavy atom. The van der Waals surface area contributed by atoms with E-state index in [0.29, 0.717) is 11.3 Å². The first-order chi connectivity index (χ1) is 7.70. The van der Waals surface area contributed by atoms with E-state index in [9.17, 15) is 9.18 Å². The predicted octanol–water partition coefficient (Wildman–Crippen LogP) is 1.69. The number of hydrogen-bond acceptors (Lipinski definition) is 3. The van der Waals surface area contributed by atoms with Gasteiger partial charge in [0.2, 0.25) is 0 Å². The number of nitrogens with two attached hydrogens (primary N) is 1. The molecule has 0 saturated heterocycles. The number of nitrogens with one attached hydrogen (secondary N) is 1. The normalized spacial score (nSPS) is 10.1. The Morgan fingerprint density at radius 2 is 1.88 bits per heavy atom. The number of hydrazine groups is 1. The van der Waals surface area contributed by atoms with Crippen LogP contribution in [0.5, 0.6) is 0 Å². The summed E-state index contributed by atoms with van der Waals surface area (Å²) in [4.78, 5) is 11.1. The maximum Gasteiger partial charge on any atom is 0.300 e. The maximum absolute atomic E-state index is 12.7. The first kappa shape index (κ1) is 10.4. The number of carbonyl (C=O) groups is 1. The van der Waals surface area contributed by atoms with Crippen LogP contribution in [0.25, 0.3) is 11.3 Å². The first-order valence-electron chi connectivity index (χ1n) is 4.57. The van der Waals surface area contributed by atoms with Crippen LogP contribution in [-0.4, -0.2) is 5.91 Å². The van der Waals surface area contributed by atoms with Crippen LogP contribution < -0.4 is 11.3 Å². The number of amides is 1. The summed E-state index contributed by atoms with van der Waals surface area (Å²) in [5.74, 6) is 4.73. The summed E-state index contributed by atoms with van der Waals surface area (Å²) in [6.45, 7) is 0. The quantitative estimate of drug-likeness (QED) is 0.459. The molecule has 16 heavy (non-hydrogen) atoms. The maximum atomic E-state index is 12.7. The lowest BCUT2D eigenvalue weighted by molar-refractivity contribution is 0.0927. The molecule has 0 radical (unpaired) electrons. The fraction of sp³-hybridized carbons (Fsp3) is 0. The third-order valence-electron chi connectivity index (χ3n) is 2.09. The molecule has 2 rings (SSSR count). The van der Waals surface area contributed by atoms with E-state index < -0.39 is 5.91 Å². The van der Waals surface area contributed by atoms with Crippen LogP contribution in [0, 0.1) is 5.82 Å². The minimum atomic E-state index is -0.506. The van der Waals surface area contributed by atoms with E-state index in [1.165, 1.54) is 18.2 Å². The van der Waals surface area contributed by atoms with E-state index >= 15 is 0 Å². The lowest BCUT2D eigenvalue weighted by Gasteiger charge is -1.97. The van der Waals surface area contributed by atoms with Crippen molar-refractivity contribution in [1.29, 1.82) is 0 Å². The van der Waals surface area contributed by atoms with Crippen molar-refractivity contribution >= 4 is 5.91 Å². The Bertz CT molecular complexity index is 505. The molecule has 0 aliphatic carbocycles. The molecule has 0 aliphatic rings. The van der Waals surface area contributed by atoms with Crippen LogP contribution in [0.1, 0.15) is 10.6 Å². The van der Waals surface area contributed by atoms with Gasteiger partial charge in [0, 0.05) is 5.56 Å². The summed E-state index contributed by atoms with van der Waals surface area (Å²) in [7, 11) is 0. The van der Waals surface area contributed by atoms with Gasteiger partial charge in [-0.1, -0.05) is 0 Å². The highest BCUT2D eigenvalue weighted by Crippen LogP contribution is 2.22. The van der Waals surface area contributed by atoms with E-state index in [1.807, 2.05) is 5.43 Å². The van der Waals surface area contributed by atoms with Gasteiger partial charge in [-0.25, -0.2) is 10.2 Å². The monoisotopic (exact) mass is 220 g/mol. The van der Waals surface area contributed by atoms with Crippen molar-refractivity contribution in [3.8, 4) is 11.3 Å². The molecule has 0 unspecified atom stereocenters. The molecular formula is C11H9FN2O2. The topological polar surface area (TPSA) is 68.3 Å². The molecule has 0 spiro atoms. The molecule has 3 N–H and O–H groups in total. The Labute approximate surface area is 90.8 Å². The van der Waals surface area contributed by atoms with Gasteiger partial charge in [0.15, 0.2) is 5.76 Å². The molecule has 1 aromatic heterocycles. The lowest BCUT2D eigenvalue weighted by Crippen LogP contribution is -2.29. The molecule has 0 atom stereocenters. The number of carbonyl (C=O) groups excluding carboxylic acids is 1. The molecule has 1 aromatic carbocycles. The van der Waals surface area contributed by atoms with Gasteiger partial charge in [-0.3, -0.25) is 10.2 Å². The number of nitrogen functional groups attached to an aromatic ring is 1. The zero-order valence-corrected chi connectivity index (χ0v) is 8.24. The first-order valence-corrected chi connectivity index (χ1v) is 4.57. The average molecular weight is 220 g/mol. The lowest BCUT2D eigenvalue weighted by atomic mass is 10.2. The van der Waals surface area contributed by atoms with Gasteiger partial charge in [0.25, 0.3) is 0 Å². The van der Waals surface area contributed by atoms with Gasteiger partial charge in [-0.2, -0.15) is 0 Å². The van der Waals surface area contributed by atoms with Crippen LogP contribution in [0.4, 0.5) is 4.39 Å². The van der Waals surface area contributed by atoms with E-state index in [1.54, 1.807) is 18.2 Å². The number of furan rings is 1. The third kappa shape index (κ3) is 1.94. The van der Waals surface area contributed by atoms with Crippen molar-refractivity contribution < 1.29 is 13.6 Å². The number of rotatable bonds is 2. The van der Waals surface area contributed by atoms with Gasteiger partial charge in [-0.15, -0.1) is 0 Å². The third-order valence-corrected chi connectivity index (χ3v) is 2.09. The van der Waals surface area contributed by atoms with Crippen LogP contribution in [-0.2, 0) is 0 Å². The highest BCUT2D eigenvalue weighted by molar-refractivity contribution is 5.91. The van der Waals surface area contributed by atoms with Gasteiger partial charge in [-0.05, 0) is 36.4 Å². The van der Waals surface area contributed by atoms with Crippen molar-refractivity contribution in [3.05, 3.63) is 48.0 Å². The van der Waals surface area contributed by atoms with Crippen LogP contribution in [0.2, 0.25) is 0 Å². The van der Waals surface area contributed by atoms with Crippen LogP contribution >= 0.6 is 0 Å². The molecule has 1 amide bonds. The van der Waals surface area contributed by atoms with E-state index in [0.717, 1.165) is 0 Å². The summed E-state index contributed by atoms with van der Waals surface area (Å²) in [6, 6.07) is 8.90. The fourth-order valence-electron chi connectivity index (χ4n) is 1.30. The summed E-state index contributed by atoms with van der Waals surface area (Å²) < 4.78 is 17.9. The minimum absolute atomic E-state index is 0.113. The van der Waals surface area contributed by atoms with Gasteiger partial charge >= 0.3 is 5.91 Å². The van der Waals surface area contributed by atoms with E-state index in [4.69, 9.17) is 10.3 Å². The Hall–Kier alpha value is -2.14. The van der Waals surface area contributed by atoms with Gasteiger partial charge in [0.05, 0.1) is 0 Å². The minimum Gasteiger partial charge on any atom is -0.451 e. The summed E-state index contributed by atoms with van der Waals surface area (Å²) in [5, 5.41) is 0. The molecular weight excluding hydrogens is 211 g/mol. The Kier molecular flexibility index (Phi) is 2.70. The molecule has 2 aromatic rings. The van der Waals surface area contributed by atoms with Gasteiger partial charge in [0.1, 0.15) is 11.6 Å².